The molecule has 5 aromatic rings. The third-order valence-electron chi connectivity index (χ3n) is 20.1. The Bertz CT molecular complexity index is 3310. The van der Waals surface area contributed by atoms with Gasteiger partial charge >= 0.3 is 17.6 Å². The topological polar surface area (TPSA) is 182 Å². The largest absolute Gasteiger partial charge is 0.483 e. The SMILES string of the molecule is C/C(CO)=C1\CCc2ccc(cc2)[C@@H]2C=C[C@@H](c3cccc4c3CC[C@H]3CCC[C@H]5C=Cc6ccccc6[C@]435)C[C@@H]2CC(=O)O[C@@H]2c3c(ccc4c(CO)c([C@H](CCO)COCO)c(=O)oc34)O[C@@](C)(C3CCCCC3)[C@H]2OC1=O. The molecule has 5 aliphatic carbocycles. The van der Waals surface area contributed by atoms with Crippen molar-refractivity contribution in [3.63, 3.8) is 0 Å². The van der Waals surface area contributed by atoms with Crippen LogP contribution in [0, 0.1) is 23.7 Å². The Kier molecular flexibility index (Phi) is 15.4. The van der Waals surface area contributed by atoms with Gasteiger partial charge in [-0.25, -0.2) is 9.59 Å². The van der Waals surface area contributed by atoms with Crippen molar-refractivity contribution in [1.82, 2.24) is 0 Å². The van der Waals surface area contributed by atoms with E-state index in [1.165, 1.54) is 40.7 Å². The third kappa shape index (κ3) is 9.40. The van der Waals surface area contributed by atoms with Gasteiger partial charge < -0.3 is 43.8 Å². The smallest absolute Gasteiger partial charge is 0.340 e. The zero-order valence-corrected chi connectivity index (χ0v) is 46.2. The summed E-state index contributed by atoms with van der Waals surface area (Å²) in [6.45, 7) is 1.64. The van der Waals surface area contributed by atoms with Crippen molar-refractivity contribution in [3.8, 4) is 5.75 Å². The Morgan fingerprint density at radius 2 is 1.59 bits per heavy atom. The molecule has 10 atom stereocenters. The van der Waals surface area contributed by atoms with Crippen molar-refractivity contribution >= 4 is 29.0 Å². The first-order valence-corrected chi connectivity index (χ1v) is 29.6. The highest BCUT2D eigenvalue weighted by atomic mass is 16.6. The number of carbonyl (C=O) groups excluding carboxylic acids is 2. The minimum atomic E-state index is -1.35. The molecule has 420 valence electrons. The number of benzene rings is 4. The van der Waals surface area contributed by atoms with Crippen LogP contribution in [0.15, 0.2) is 117 Å². The van der Waals surface area contributed by atoms with Crippen LogP contribution < -0.4 is 10.4 Å². The third-order valence-corrected chi connectivity index (χ3v) is 20.1. The maximum Gasteiger partial charge on any atom is 0.340 e. The zero-order valence-electron chi connectivity index (χ0n) is 46.2. The summed E-state index contributed by atoms with van der Waals surface area (Å²) in [5.74, 6) is -1.13. The minimum Gasteiger partial charge on any atom is -0.483 e. The second kappa shape index (κ2) is 22.7. The number of esters is 2. The maximum absolute atomic E-state index is 15.6. The van der Waals surface area contributed by atoms with E-state index in [-0.39, 0.29) is 90.4 Å². The van der Waals surface area contributed by atoms with Crippen molar-refractivity contribution in [1.29, 1.82) is 0 Å². The molecule has 13 rings (SSSR count). The maximum atomic E-state index is 15.6. The molecule has 1 aromatic heterocycles. The summed E-state index contributed by atoms with van der Waals surface area (Å²) in [5.41, 5.74) is 8.23. The van der Waals surface area contributed by atoms with E-state index in [9.17, 15) is 25.2 Å². The Balaban J connectivity index is 0.991. The van der Waals surface area contributed by atoms with E-state index in [4.69, 9.17) is 23.4 Å². The van der Waals surface area contributed by atoms with Crippen LogP contribution in [-0.4, -0.2) is 70.7 Å². The van der Waals surface area contributed by atoms with Crippen LogP contribution in [0.3, 0.4) is 0 Å². The second-order valence-corrected chi connectivity index (χ2v) is 24.2. The van der Waals surface area contributed by atoms with Gasteiger partial charge in [-0.2, -0.15) is 0 Å². The van der Waals surface area contributed by atoms with Gasteiger partial charge in [0.25, 0.3) is 0 Å². The van der Waals surface area contributed by atoms with Gasteiger partial charge in [0.05, 0.1) is 25.4 Å². The number of carbonyl (C=O) groups is 2. The van der Waals surface area contributed by atoms with Crippen LogP contribution in [0.1, 0.15) is 177 Å². The molecular formula is C68H76O12. The first-order chi connectivity index (χ1) is 39.0. The monoisotopic (exact) mass is 1080 g/mol. The zero-order chi connectivity index (χ0) is 55.3. The van der Waals surface area contributed by atoms with Crippen LogP contribution in [-0.2, 0) is 48.7 Å². The van der Waals surface area contributed by atoms with Crippen molar-refractivity contribution in [2.24, 2.45) is 23.7 Å². The number of allylic oxidation sites excluding steroid dienone is 3. The Labute approximate surface area is 468 Å². The van der Waals surface area contributed by atoms with E-state index in [1.54, 1.807) is 19.1 Å². The van der Waals surface area contributed by atoms with Gasteiger partial charge in [0.15, 0.2) is 12.2 Å². The van der Waals surface area contributed by atoms with Crippen LogP contribution >= 0.6 is 0 Å². The van der Waals surface area contributed by atoms with Gasteiger partial charge in [0, 0.05) is 58.6 Å². The van der Waals surface area contributed by atoms with Gasteiger partial charge in [0.1, 0.15) is 23.7 Å². The van der Waals surface area contributed by atoms with Gasteiger partial charge in [-0.3, -0.25) is 4.79 Å². The van der Waals surface area contributed by atoms with E-state index in [2.05, 4.69) is 91.0 Å². The Morgan fingerprint density at radius 1 is 0.787 bits per heavy atom. The summed E-state index contributed by atoms with van der Waals surface area (Å²) in [6.07, 6.45) is 18.6. The van der Waals surface area contributed by atoms with Crippen LogP contribution in [0.4, 0.5) is 0 Å². The van der Waals surface area contributed by atoms with E-state index in [0.29, 0.717) is 47.0 Å². The molecule has 0 amide bonds. The average molecular weight is 1090 g/mol. The Morgan fingerprint density at radius 3 is 2.38 bits per heavy atom. The molecule has 0 unspecified atom stereocenters. The van der Waals surface area contributed by atoms with Crippen molar-refractivity contribution in [3.05, 3.63) is 174 Å². The first-order valence-electron chi connectivity index (χ1n) is 29.6. The van der Waals surface area contributed by atoms with Gasteiger partial charge in [-0.15, -0.1) is 0 Å². The van der Waals surface area contributed by atoms with Crippen LogP contribution in [0.2, 0.25) is 0 Å². The number of aliphatic hydroxyl groups is 4. The van der Waals surface area contributed by atoms with E-state index in [1.807, 2.05) is 6.92 Å². The standard InChI is InChI=1S/C68H76O12/c1-40(36-70)50-27-20-41-18-21-42(22-19-41)51-28-24-44(52-15-9-17-57-53(52)29-26-49-14-8-13-48-25-23-43-10-6-7-16-56(43)68(48,49)57)34-46(51)35-59(73)77-63-61-58(80-67(2,64(63)79-65(50)74)47-11-4-3-5-12-47)31-30-54-55(37-71)60(66(75)78-62(54)61)45(32-33-69)38-76-39-72/h6-7,9-10,15-19,21-25,28,30-31,44-49,51,63-64,69-72H,3-5,8,11-14,20,26-27,29,32-39H2,1-2H3/b50-40-/t44-,45-,46-,48+,49-,51+,63-,64+,67+,68-/m1/s1. The molecule has 4 aromatic carbocycles. The number of aryl methyl sites for hydroxylation is 1. The molecule has 3 aliphatic heterocycles. The summed E-state index contributed by atoms with van der Waals surface area (Å²) in [7, 11) is 0. The molecule has 8 aliphatic rings. The van der Waals surface area contributed by atoms with Crippen molar-refractivity contribution in [2.75, 3.05) is 26.6 Å². The normalized spacial score (nSPS) is 29.4. The highest BCUT2D eigenvalue weighted by Gasteiger charge is 2.58. The van der Waals surface area contributed by atoms with E-state index < -0.39 is 54.7 Å². The van der Waals surface area contributed by atoms with E-state index >= 15 is 9.59 Å². The van der Waals surface area contributed by atoms with Gasteiger partial charge in [0.2, 0.25) is 0 Å². The number of ether oxygens (including phenoxy) is 4. The lowest BCUT2D eigenvalue weighted by Gasteiger charge is -2.55. The molecule has 4 heterocycles. The molecule has 12 heteroatoms. The number of fused-ring (bicyclic) bond motifs is 13. The second-order valence-electron chi connectivity index (χ2n) is 24.2. The summed E-state index contributed by atoms with van der Waals surface area (Å²) < 4.78 is 32.7. The molecule has 0 radical (unpaired) electrons. The van der Waals surface area contributed by atoms with Crippen LogP contribution in [0.5, 0.6) is 5.75 Å². The molecule has 80 heavy (non-hydrogen) atoms. The highest BCUT2D eigenvalue weighted by Crippen LogP contribution is 2.61. The molecular weight excluding hydrogens is 1010 g/mol. The molecule has 2 fully saturated rings. The number of rotatable bonds is 10. The highest BCUT2D eigenvalue weighted by molar-refractivity contribution is 5.90. The fraction of sp³-hybridized carbons (Fsp3) is 0.485. The van der Waals surface area contributed by atoms with Gasteiger partial charge in [-0.05, 0) is 158 Å². The molecule has 4 N–H and O–H groups in total. The molecule has 2 saturated carbocycles. The fourth-order valence-electron chi connectivity index (χ4n) is 16.2. The molecule has 12 nitrogen and oxygen atoms in total. The predicted octanol–water partition coefficient (Wildman–Crippen LogP) is 11.4. The number of hydrogen-bond acceptors (Lipinski definition) is 12. The van der Waals surface area contributed by atoms with Crippen molar-refractivity contribution < 1.29 is 53.4 Å². The number of aliphatic hydroxyl groups excluding tert-OH is 4. The molecule has 1 spiro atoms. The summed E-state index contributed by atoms with van der Waals surface area (Å²) in [6, 6.07) is 28.0. The summed E-state index contributed by atoms with van der Waals surface area (Å²) in [4.78, 5) is 45.2. The minimum absolute atomic E-state index is 0.0114. The predicted molar refractivity (Wildman–Crippen MR) is 304 cm³/mol. The molecule has 0 saturated heterocycles. The lowest BCUT2D eigenvalue weighted by molar-refractivity contribution is -0.201. The Hall–Kier alpha value is -6.15. The summed E-state index contributed by atoms with van der Waals surface area (Å²) in [5, 5.41) is 41.8. The van der Waals surface area contributed by atoms with Gasteiger partial charge in [-0.1, -0.05) is 117 Å². The quantitative estimate of drug-likeness (QED) is 0.0342. The van der Waals surface area contributed by atoms with E-state index in [0.717, 1.165) is 62.5 Å². The number of hydrogen-bond donors (Lipinski definition) is 4. The first kappa shape index (κ1) is 54.4. The van der Waals surface area contributed by atoms with Crippen molar-refractivity contribution in [2.45, 2.75) is 158 Å². The lowest BCUT2D eigenvalue weighted by Crippen LogP contribution is -2.58. The average Bonchev–Trinajstić information content (AvgIpc) is 2.32. The van der Waals surface area contributed by atoms with Crippen LogP contribution in [0.25, 0.3) is 17.0 Å². The lowest BCUT2D eigenvalue weighted by atomic mass is 9.48. The molecule has 2 bridgehead atoms. The summed E-state index contributed by atoms with van der Waals surface area (Å²) >= 11 is 0. The fourth-order valence-corrected chi connectivity index (χ4v) is 16.2.